The van der Waals surface area contributed by atoms with Crippen molar-refractivity contribution in [3.05, 3.63) is 87.9 Å². The van der Waals surface area contributed by atoms with Crippen molar-refractivity contribution in [2.24, 2.45) is 0 Å². The van der Waals surface area contributed by atoms with Crippen LogP contribution in [0.2, 0.25) is 0 Å². The fourth-order valence-electron chi connectivity index (χ4n) is 2.58. The summed E-state index contributed by atoms with van der Waals surface area (Å²) >= 11 is 3.21. The molecular weight excluding hydrogens is 472 g/mol. The van der Waals surface area contributed by atoms with Gasteiger partial charge in [-0.25, -0.2) is 13.2 Å². The molecule has 30 heavy (non-hydrogen) atoms. The highest BCUT2D eigenvalue weighted by Crippen LogP contribution is 2.26. The van der Waals surface area contributed by atoms with Gasteiger partial charge < -0.3 is 10.4 Å². The maximum atomic E-state index is 12.8. The number of benzene rings is 3. The Morgan fingerprint density at radius 1 is 0.867 bits per heavy atom. The first-order valence-corrected chi connectivity index (χ1v) is 11.0. The van der Waals surface area contributed by atoms with E-state index in [1.54, 1.807) is 12.1 Å². The van der Waals surface area contributed by atoms with Crippen molar-refractivity contribution in [3.8, 4) is 0 Å². The number of hydrogen-bond donors (Lipinski definition) is 3. The molecule has 0 saturated heterocycles. The Morgan fingerprint density at radius 3 is 2.03 bits per heavy atom. The summed E-state index contributed by atoms with van der Waals surface area (Å²) in [7, 11) is -4.04. The first kappa shape index (κ1) is 21.5. The number of hydrogen-bond acceptors (Lipinski definition) is 4. The van der Waals surface area contributed by atoms with E-state index < -0.39 is 21.9 Å². The van der Waals surface area contributed by atoms with Gasteiger partial charge >= 0.3 is 5.97 Å². The van der Waals surface area contributed by atoms with Gasteiger partial charge in [0.05, 0.1) is 5.56 Å². The van der Waals surface area contributed by atoms with Crippen molar-refractivity contribution in [1.82, 2.24) is 0 Å². The zero-order chi connectivity index (χ0) is 21.9. The van der Waals surface area contributed by atoms with Gasteiger partial charge in [-0.15, -0.1) is 0 Å². The summed E-state index contributed by atoms with van der Waals surface area (Å²) in [6.45, 7) is 1.93. The monoisotopic (exact) mass is 488 g/mol. The summed E-state index contributed by atoms with van der Waals surface area (Å²) < 4.78 is 28.3. The van der Waals surface area contributed by atoms with Crippen LogP contribution in [0, 0.1) is 6.92 Å². The maximum Gasteiger partial charge on any atom is 0.335 e. The Labute approximate surface area is 181 Å². The van der Waals surface area contributed by atoms with E-state index in [0.717, 1.165) is 5.56 Å². The minimum Gasteiger partial charge on any atom is -0.478 e. The molecule has 0 unspecified atom stereocenters. The number of carbonyl (C=O) groups is 2. The molecule has 0 aliphatic rings. The molecule has 0 heterocycles. The predicted octanol–water partition coefficient (Wildman–Crippen LogP) is 4.51. The van der Waals surface area contributed by atoms with Crippen LogP contribution in [0.4, 0.5) is 11.4 Å². The molecule has 0 aliphatic carbocycles. The SMILES string of the molecule is Cc1ccc(NC(=O)c2ccc(Br)c(S(=O)(=O)Nc3ccc(C(=O)O)cc3)c2)cc1. The molecule has 0 saturated carbocycles. The molecule has 3 aromatic rings. The maximum absolute atomic E-state index is 12.8. The second-order valence-corrected chi connectivity index (χ2v) is 8.96. The smallest absolute Gasteiger partial charge is 0.335 e. The first-order valence-electron chi connectivity index (χ1n) is 8.69. The highest BCUT2D eigenvalue weighted by molar-refractivity contribution is 9.10. The summed E-state index contributed by atoms with van der Waals surface area (Å²) in [6.07, 6.45) is 0. The lowest BCUT2D eigenvalue weighted by molar-refractivity contribution is 0.0696. The molecule has 3 aromatic carbocycles. The minimum absolute atomic E-state index is 0.0360. The first-order chi connectivity index (χ1) is 14.2. The molecule has 0 atom stereocenters. The van der Waals surface area contributed by atoms with Crippen molar-refractivity contribution in [2.75, 3.05) is 10.0 Å². The van der Waals surface area contributed by atoms with Gasteiger partial charge in [0.25, 0.3) is 15.9 Å². The highest BCUT2D eigenvalue weighted by Gasteiger charge is 2.20. The molecule has 9 heteroatoms. The largest absolute Gasteiger partial charge is 0.478 e. The molecule has 0 fully saturated rings. The normalized spacial score (nSPS) is 11.0. The van der Waals surface area contributed by atoms with Gasteiger partial charge in [0.15, 0.2) is 0 Å². The van der Waals surface area contributed by atoms with Crippen LogP contribution in [0.1, 0.15) is 26.3 Å². The van der Waals surface area contributed by atoms with E-state index in [0.29, 0.717) is 5.69 Å². The van der Waals surface area contributed by atoms with E-state index in [9.17, 15) is 18.0 Å². The average molecular weight is 489 g/mol. The third kappa shape index (κ3) is 5.05. The molecule has 0 bridgehead atoms. The zero-order valence-corrected chi connectivity index (χ0v) is 18.1. The Hall–Kier alpha value is -3.17. The summed E-state index contributed by atoms with van der Waals surface area (Å²) in [4.78, 5) is 23.4. The van der Waals surface area contributed by atoms with Crippen LogP contribution >= 0.6 is 15.9 Å². The molecule has 154 valence electrons. The Balaban J connectivity index is 1.84. The predicted molar refractivity (Wildman–Crippen MR) is 117 cm³/mol. The number of amides is 1. The number of anilines is 2. The number of aromatic carboxylic acids is 1. The van der Waals surface area contributed by atoms with Gasteiger partial charge in [-0.2, -0.15) is 0 Å². The third-order valence-electron chi connectivity index (χ3n) is 4.18. The third-order valence-corrected chi connectivity index (χ3v) is 6.55. The van der Waals surface area contributed by atoms with E-state index in [1.807, 2.05) is 19.1 Å². The quantitative estimate of drug-likeness (QED) is 0.472. The van der Waals surface area contributed by atoms with E-state index >= 15 is 0 Å². The van der Waals surface area contributed by atoms with Crippen LogP contribution in [-0.4, -0.2) is 25.4 Å². The number of carboxylic acid groups (broad SMARTS) is 1. The van der Waals surface area contributed by atoms with Crippen LogP contribution in [0.3, 0.4) is 0 Å². The molecule has 1 amide bonds. The number of sulfonamides is 1. The van der Waals surface area contributed by atoms with Crippen LogP contribution in [0.5, 0.6) is 0 Å². The second kappa shape index (κ2) is 8.68. The number of aryl methyl sites for hydroxylation is 1. The van der Waals surface area contributed by atoms with Gasteiger partial charge in [0.2, 0.25) is 0 Å². The zero-order valence-electron chi connectivity index (χ0n) is 15.7. The average Bonchev–Trinajstić information content (AvgIpc) is 2.70. The Morgan fingerprint density at radius 2 is 1.43 bits per heavy atom. The van der Waals surface area contributed by atoms with Crippen LogP contribution in [0.15, 0.2) is 76.1 Å². The van der Waals surface area contributed by atoms with Crippen molar-refractivity contribution in [2.45, 2.75) is 11.8 Å². The standard InChI is InChI=1S/C21H17BrN2O5S/c1-13-2-7-16(8-3-13)23-20(25)15-6-11-18(22)19(12-15)30(28,29)24-17-9-4-14(5-10-17)21(26)27/h2-12,24H,1H3,(H,23,25)(H,26,27). The number of nitrogens with one attached hydrogen (secondary N) is 2. The van der Waals surface area contributed by atoms with E-state index in [2.05, 4.69) is 26.0 Å². The van der Waals surface area contributed by atoms with Gasteiger partial charge in [-0.05, 0) is 77.5 Å². The minimum atomic E-state index is -4.04. The molecule has 0 spiro atoms. The van der Waals surface area contributed by atoms with E-state index in [1.165, 1.54) is 42.5 Å². The highest BCUT2D eigenvalue weighted by atomic mass is 79.9. The lowest BCUT2D eigenvalue weighted by atomic mass is 10.2. The summed E-state index contributed by atoms with van der Waals surface area (Å²) in [5.74, 6) is -1.56. The molecule has 3 N–H and O–H groups in total. The van der Waals surface area contributed by atoms with Gasteiger partial charge in [0, 0.05) is 21.4 Å². The summed E-state index contributed by atoms with van der Waals surface area (Å²) in [5, 5.41) is 11.7. The van der Waals surface area contributed by atoms with Crippen molar-refractivity contribution in [1.29, 1.82) is 0 Å². The summed E-state index contributed by atoms with van der Waals surface area (Å²) in [5.41, 5.74) is 2.04. The topological polar surface area (TPSA) is 113 Å². The number of carboxylic acids is 1. The molecule has 7 nitrogen and oxygen atoms in total. The summed E-state index contributed by atoms with van der Waals surface area (Å²) in [6, 6.07) is 16.8. The van der Waals surface area contributed by atoms with Crippen LogP contribution in [0.25, 0.3) is 0 Å². The lowest BCUT2D eigenvalue weighted by Crippen LogP contribution is -2.16. The number of rotatable bonds is 6. The number of carbonyl (C=O) groups excluding carboxylic acids is 1. The van der Waals surface area contributed by atoms with Crippen LogP contribution in [-0.2, 0) is 10.0 Å². The number of halogens is 1. The van der Waals surface area contributed by atoms with Crippen molar-refractivity contribution < 1.29 is 23.1 Å². The Bertz CT molecular complexity index is 1210. The van der Waals surface area contributed by atoms with Gasteiger partial charge in [-0.1, -0.05) is 17.7 Å². The van der Waals surface area contributed by atoms with Gasteiger partial charge in [-0.3, -0.25) is 9.52 Å². The Kier molecular flexibility index (Phi) is 6.23. The van der Waals surface area contributed by atoms with Crippen molar-refractivity contribution >= 4 is 49.2 Å². The molecular formula is C21H17BrN2O5S. The molecule has 0 aromatic heterocycles. The fourth-order valence-corrected chi connectivity index (χ4v) is 4.63. The van der Waals surface area contributed by atoms with E-state index in [4.69, 9.17) is 5.11 Å². The van der Waals surface area contributed by atoms with E-state index in [-0.39, 0.29) is 26.2 Å². The fraction of sp³-hybridized carbons (Fsp3) is 0.0476. The lowest BCUT2D eigenvalue weighted by Gasteiger charge is -2.12. The molecule has 3 rings (SSSR count). The molecule has 0 aliphatic heterocycles. The van der Waals surface area contributed by atoms with Crippen molar-refractivity contribution in [3.63, 3.8) is 0 Å². The second-order valence-electron chi connectivity index (χ2n) is 6.45. The van der Waals surface area contributed by atoms with Crippen LogP contribution < -0.4 is 10.0 Å². The van der Waals surface area contributed by atoms with Gasteiger partial charge in [0.1, 0.15) is 4.90 Å². The molecule has 0 radical (unpaired) electrons.